The molecule has 98 valence electrons. The molecule has 2 heterocycles. The molecule has 2 rings (SSSR count). The van der Waals surface area contributed by atoms with Crippen molar-refractivity contribution in [2.45, 2.75) is 45.3 Å². The second kappa shape index (κ2) is 5.25. The van der Waals surface area contributed by atoms with E-state index in [1.54, 1.807) is 17.4 Å². The van der Waals surface area contributed by atoms with E-state index in [-0.39, 0.29) is 17.9 Å². The fourth-order valence-corrected chi connectivity index (χ4v) is 2.27. The van der Waals surface area contributed by atoms with E-state index in [4.69, 9.17) is 4.42 Å². The summed E-state index contributed by atoms with van der Waals surface area (Å²) in [5, 5.41) is 2.77. The molecule has 1 fully saturated rings. The molecule has 1 saturated heterocycles. The molecule has 0 aliphatic carbocycles. The van der Waals surface area contributed by atoms with E-state index in [9.17, 15) is 9.59 Å². The van der Waals surface area contributed by atoms with E-state index in [1.807, 2.05) is 19.9 Å². The summed E-state index contributed by atoms with van der Waals surface area (Å²) in [6.45, 7) is 4.23. The molecule has 0 saturated carbocycles. The van der Waals surface area contributed by atoms with Crippen molar-refractivity contribution in [1.82, 2.24) is 10.2 Å². The van der Waals surface area contributed by atoms with Gasteiger partial charge in [0.25, 0.3) is 0 Å². The van der Waals surface area contributed by atoms with Crippen molar-refractivity contribution in [1.29, 1.82) is 0 Å². The van der Waals surface area contributed by atoms with Crippen LogP contribution in [0.15, 0.2) is 23.0 Å². The van der Waals surface area contributed by atoms with Gasteiger partial charge in [0.2, 0.25) is 11.8 Å². The molecule has 5 heteroatoms. The number of carbonyl (C=O) groups excluding carboxylic acids is 2. The van der Waals surface area contributed by atoms with Gasteiger partial charge >= 0.3 is 0 Å². The molecule has 1 aromatic rings. The average Bonchev–Trinajstić information content (AvgIpc) is 2.86. The number of nitrogens with one attached hydrogen (secondary N) is 1. The zero-order valence-corrected chi connectivity index (χ0v) is 10.7. The lowest BCUT2D eigenvalue weighted by molar-refractivity contribution is -0.150. The van der Waals surface area contributed by atoms with Gasteiger partial charge < -0.3 is 14.6 Å². The molecule has 5 nitrogen and oxygen atoms in total. The summed E-state index contributed by atoms with van der Waals surface area (Å²) >= 11 is 0. The van der Waals surface area contributed by atoms with Crippen molar-refractivity contribution in [2.75, 3.05) is 0 Å². The molecule has 2 amide bonds. The number of rotatable bonds is 4. The Morgan fingerprint density at radius 1 is 1.33 bits per heavy atom. The Hall–Kier alpha value is -1.78. The van der Waals surface area contributed by atoms with Gasteiger partial charge in [0.05, 0.1) is 12.5 Å². The Kier molecular flexibility index (Phi) is 3.69. The van der Waals surface area contributed by atoms with Gasteiger partial charge in [0.15, 0.2) is 0 Å². The van der Waals surface area contributed by atoms with Crippen LogP contribution in [-0.4, -0.2) is 28.8 Å². The van der Waals surface area contributed by atoms with Gasteiger partial charge in [-0.05, 0) is 18.9 Å². The third-order valence-electron chi connectivity index (χ3n) is 3.30. The maximum absolute atomic E-state index is 12.3. The highest BCUT2D eigenvalue weighted by molar-refractivity contribution is 5.96. The number of furan rings is 1. The van der Waals surface area contributed by atoms with Crippen molar-refractivity contribution in [2.24, 2.45) is 0 Å². The van der Waals surface area contributed by atoms with Gasteiger partial charge in [-0.1, -0.05) is 13.8 Å². The van der Waals surface area contributed by atoms with Crippen LogP contribution in [0.3, 0.4) is 0 Å². The van der Waals surface area contributed by atoms with Gasteiger partial charge in [0, 0.05) is 12.1 Å². The van der Waals surface area contributed by atoms with Crippen LogP contribution in [0.25, 0.3) is 0 Å². The highest BCUT2D eigenvalue weighted by Gasteiger charge is 2.38. The third-order valence-corrected chi connectivity index (χ3v) is 3.30. The number of hydrogen-bond acceptors (Lipinski definition) is 3. The second-order valence-corrected chi connectivity index (χ2v) is 4.49. The van der Waals surface area contributed by atoms with Gasteiger partial charge in [0.1, 0.15) is 12.1 Å². The predicted molar refractivity (Wildman–Crippen MR) is 65.6 cm³/mol. The molecule has 1 N–H and O–H groups in total. The minimum absolute atomic E-state index is 0.00912. The Morgan fingerprint density at radius 3 is 2.67 bits per heavy atom. The number of piperazine rings is 1. The lowest BCUT2D eigenvalue weighted by atomic mass is 10.0. The first-order valence-corrected chi connectivity index (χ1v) is 6.29. The maximum atomic E-state index is 12.3. The van der Waals surface area contributed by atoms with E-state index in [2.05, 4.69) is 5.32 Å². The van der Waals surface area contributed by atoms with E-state index in [0.29, 0.717) is 19.4 Å². The molecule has 2 unspecified atom stereocenters. The van der Waals surface area contributed by atoms with Crippen molar-refractivity contribution in [3.05, 3.63) is 24.2 Å². The van der Waals surface area contributed by atoms with Gasteiger partial charge in [-0.3, -0.25) is 9.59 Å². The highest BCUT2D eigenvalue weighted by Crippen LogP contribution is 2.18. The lowest BCUT2D eigenvalue weighted by Crippen LogP contribution is -2.62. The van der Waals surface area contributed by atoms with Crippen LogP contribution in [0.2, 0.25) is 0 Å². The lowest BCUT2D eigenvalue weighted by Gasteiger charge is -2.38. The van der Waals surface area contributed by atoms with Crippen LogP contribution in [0, 0.1) is 0 Å². The Balaban J connectivity index is 2.20. The second-order valence-electron chi connectivity index (χ2n) is 4.49. The van der Waals surface area contributed by atoms with Gasteiger partial charge in [-0.2, -0.15) is 0 Å². The predicted octanol–water partition coefficient (Wildman–Crippen LogP) is 1.30. The van der Waals surface area contributed by atoms with E-state index in [0.717, 1.165) is 5.56 Å². The first-order valence-electron chi connectivity index (χ1n) is 6.29. The minimum atomic E-state index is -0.396. The Labute approximate surface area is 106 Å². The van der Waals surface area contributed by atoms with Crippen LogP contribution >= 0.6 is 0 Å². The van der Waals surface area contributed by atoms with Crippen molar-refractivity contribution >= 4 is 11.8 Å². The SMILES string of the molecule is CCC1NC(=O)C(CC)N(Cc2ccoc2)C1=O. The molecule has 1 aliphatic heterocycles. The molecular weight excluding hydrogens is 232 g/mol. The van der Waals surface area contributed by atoms with Crippen LogP contribution in [0.4, 0.5) is 0 Å². The highest BCUT2D eigenvalue weighted by atomic mass is 16.3. The van der Waals surface area contributed by atoms with Crippen LogP contribution in [0.1, 0.15) is 32.3 Å². The van der Waals surface area contributed by atoms with Crippen molar-refractivity contribution in [3.63, 3.8) is 0 Å². The normalized spacial score (nSPS) is 24.2. The van der Waals surface area contributed by atoms with Crippen LogP contribution in [-0.2, 0) is 16.1 Å². The average molecular weight is 250 g/mol. The maximum Gasteiger partial charge on any atom is 0.246 e. The monoisotopic (exact) mass is 250 g/mol. The summed E-state index contributed by atoms with van der Waals surface area (Å²) in [4.78, 5) is 25.9. The number of amides is 2. The molecule has 0 radical (unpaired) electrons. The number of hydrogen-bond donors (Lipinski definition) is 1. The van der Waals surface area contributed by atoms with Crippen LogP contribution < -0.4 is 5.32 Å². The fraction of sp³-hybridized carbons (Fsp3) is 0.538. The standard InChI is InChI=1S/C13H18N2O3/c1-3-10-13(17)15(7-9-5-6-18-8-9)11(4-2)12(16)14-10/h5-6,8,10-11H,3-4,7H2,1-2H3,(H,14,16). The summed E-state index contributed by atoms with van der Waals surface area (Å²) in [7, 11) is 0. The van der Waals surface area contributed by atoms with Crippen LogP contribution in [0.5, 0.6) is 0 Å². The summed E-state index contributed by atoms with van der Waals surface area (Å²) in [6, 6.07) is 1.04. The first-order chi connectivity index (χ1) is 8.67. The third kappa shape index (κ3) is 2.25. The topological polar surface area (TPSA) is 62.6 Å². The molecule has 1 aliphatic rings. The summed E-state index contributed by atoms with van der Waals surface area (Å²) < 4.78 is 5.00. The molecule has 1 aromatic heterocycles. The van der Waals surface area contributed by atoms with Crippen molar-refractivity contribution in [3.8, 4) is 0 Å². The fourth-order valence-electron chi connectivity index (χ4n) is 2.27. The Morgan fingerprint density at radius 2 is 2.11 bits per heavy atom. The smallest absolute Gasteiger partial charge is 0.246 e. The van der Waals surface area contributed by atoms with E-state index >= 15 is 0 Å². The van der Waals surface area contributed by atoms with Gasteiger partial charge in [-0.15, -0.1) is 0 Å². The van der Waals surface area contributed by atoms with E-state index < -0.39 is 6.04 Å². The van der Waals surface area contributed by atoms with Gasteiger partial charge in [-0.25, -0.2) is 0 Å². The zero-order chi connectivity index (χ0) is 13.1. The summed E-state index contributed by atoms with van der Waals surface area (Å²) in [5.74, 6) is -0.0717. The zero-order valence-electron chi connectivity index (χ0n) is 10.7. The number of carbonyl (C=O) groups is 2. The quantitative estimate of drug-likeness (QED) is 0.876. The Bertz CT molecular complexity index is 427. The van der Waals surface area contributed by atoms with E-state index in [1.165, 1.54) is 0 Å². The molecule has 0 bridgehead atoms. The number of nitrogens with zero attached hydrogens (tertiary/aromatic N) is 1. The van der Waals surface area contributed by atoms with Crippen molar-refractivity contribution < 1.29 is 14.0 Å². The molecule has 2 atom stereocenters. The summed E-state index contributed by atoms with van der Waals surface area (Å²) in [6.07, 6.45) is 4.41. The minimum Gasteiger partial charge on any atom is -0.472 e. The molecule has 0 aromatic carbocycles. The molecule has 18 heavy (non-hydrogen) atoms. The first kappa shape index (κ1) is 12.7. The molecule has 0 spiro atoms. The largest absolute Gasteiger partial charge is 0.472 e. The molecular formula is C13H18N2O3. The summed E-state index contributed by atoms with van der Waals surface area (Å²) in [5.41, 5.74) is 0.909.